The molecule has 4 heterocycles. The first-order chi connectivity index (χ1) is 18.4. The monoisotopic (exact) mass is 528 g/mol. The number of anilines is 1. The van der Waals surface area contributed by atoms with E-state index in [4.69, 9.17) is 20.4 Å². The number of alkyl halides is 2. The Morgan fingerprint density at radius 1 is 1.08 bits per heavy atom. The van der Waals surface area contributed by atoms with Gasteiger partial charge in [0.25, 0.3) is 6.43 Å². The highest BCUT2D eigenvalue weighted by Gasteiger charge is 2.26. The Labute approximate surface area is 222 Å². The minimum atomic E-state index is -2.75. The molecular formula is C27H38F2N8O. The number of imidazole rings is 1. The lowest BCUT2D eigenvalue weighted by Crippen LogP contribution is -2.37. The topological polar surface area (TPSA) is 88.6 Å². The van der Waals surface area contributed by atoms with Crippen LogP contribution in [0, 0.1) is 5.92 Å². The van der Waals surface area contributed by atoms with Crippen molar-refractivity contribution in [2.45, 2.75) is 31.7 Å². The smallest absolute Gasteiger partial charge is 0.296 e. The summed E-state index contributed by atoms with van der Waals surface area (Å²) in [4.78, 5) is 20.6. The number of nitrogens with zero attached hydrogens (tertiary/aromatic N) is 7. The number of hydrogen-bond donors (Lipinski definition) is 1. The number of hydrogen-bond acceptors (Lipinski definition) is 8. The van der Waals surface area contributed by atoms with E-state index < -0.39 is 12.5 Å². The van der Waals surface area contributed by atoms with Crippen LogP contribution in [-0.4, -0.2) is 95.9 Å². The Hall–Kier alpha value is -2.73. The Kier molecular flexibility index (Phi) is 8.47. The molecule has 2 saturated heterocycles. The molecule has 5 rings (SSSR count). The van der Waals surface area contributed by atoms with Crippen LogP contribution in [0.1, 0.15) is 43.4 Å². The number of rotatable bonds is 10. The molecule has 0 spiro atoms. The summed E-state index contributed by atoms with van der Waals surface area (Å²) in [7, 11) is 4.20. The maximum Gasteiger partial charge on any atom is 0.296 e. The van der Waals surface area contributed by atoms with E-state index in [1.165, 1.54) is 11.0 Å². The quantitative estimate of drug-likeness (QED) is 0.429. The van der Waals surface area contributed by atoms with Crippen molar-refractivity contribution in [2.75, 3.05) is 71.5 Å². The van der Waals surface area contributed by atoms with Crippen LogP contribution in [0.25, 0.3) is 16.9 Å². The molecule has 3 aromatic rings. The van der Waals surface area contributed by atoms with Crippen molar-refractivity contribution in [3.8, 4) is 5.82 Å². The van der Waals surface area contributed by atoms with Crippen LogP contribution in [0.3, 0.4) is 0 Å². The molecule has 2 atom stereocenters. The lowest BCUT2D eigenvalue weighted by molar-refractivity contribution is 0.122. The van der Waals surface area contributed by atoms with E-state index in [1.807, 2.05) is 6.07 Å². The highest BCUT2D eigenvalue weighted by molar-refractivity contribution is 5.78. The number of benzene rings is 1. The highest BCUT2D eigenvalue weighted by Crippen LogP contribution is 2.30. The standard InChI is InChI=1S/C27H38F2N8O/c1-34(2)11-12-35-10-9-19(18-35)7-8-20(30)26-32-23(36-13-15-38-16-14-36)17-24(33-26)37-22-6-4-3-5-21(22)31-27(37)25(28)29/h3-6,17,19-20,25H,7-16,18,30H2,1-2H3/t19-,20?/m0/s1. The summed E-state index contributed by atoms with van der Waals surface area (Å²) in [5.74, 6) is 1.78. The van der Waals surface area contributed by atoms with Gasteiger partial charge in [0.15, 0.2) is 5.82 Å². The molecule has 2 aromatic heterocycles. The maximum atomic E-state index is 14.1. The van der Waals surface area contributed by atoms with E-state index in [0.29, 0.717) is 60.7 Å². The molecule has 206 valence electrons. The molecule has 2 aliphatic heterocycles. The summed E-state index contributed by atoms with van der Waals surface area (Å²) >= 11 is 0. The van der Waals surface area contributed by atoms with Crippen molar-refractivity contribution in [2.24, 2.45) is 11.7 Å². The zero-order valence-electron chi connectivity index (χ0n) is 22.3. The molecule has 0 bridgehead atoms. The number of aromatic nitrogens is 4. The largest absolute Gasteiger partial charge is 0.378 e. The first-order valence-corrected chi connectivity index (χ1v) is 13.5. The second kappa shape index (κ2) is 12.0. The molecule has 11 heteroatoms. The van der Waals surface area contributed by atoms with Crippen molar-refractivity contribution < 1.29 is 13.5 Å². The number of ether oxygens (including phenoxy) is 1. The SMILES string of the molecule is CN(C)CCN1CC[C@H](CCC(N)c2nc(N3CCOCC3)cc(-n3c(C(F)F)nc4ccccc43)n2)C1. The van der Waals surface area contributed by atoms with Crippen LogP contribution in [0.5, 0.6) is 0 Å². The average molecular weight is 529 g/mol. The van der Waals surface area contributed by atoms with Gasteiger partial charge in [-0.15, -0.1) is 0 Å². The van der Waals surface area contributed by atoms with E-state index >= 15 is 0 Å². The minimum Gasteiger partial charge on any atom is -0.378 e. The fraction of sp³-hybridized carbons (Fsp3) is 0.593. The molecular weight excluding hydrogens is 490 g/mol. The number of likely N-dealkylation sites (tertiary alicyclic amines) is 1. The number of likely N-dealkylation sites (N-methyl/N-ethyl adjacent to an activating group) is 1. The van der Waals surface area contributed by atoms with Crippen LogP contribution >= 0.6 is 0 Å². The number of halogens is 2. The third kappa shape index (κ3) is 6.12. The zero-order valence-corrected chi connectivity index (χ0v) is 22.3. The first kappa shape index (κ1) is 26.9. The van der Waals surface area contributed by atoms with Gasteiger partial charge in [0.1, 0.15) is 17.5 Å². The van der Waals surface area contributed by atoms with Crippen molar-refractivity contribution in [1.82, 2.24) is 29.3 Å². The zero-order chi connectivity index (χ0) is 26.6. The Morgan fingerprint density at radius 3 is 2.61 bits per heavy atom. The number of morpholine rings is 1. The molecule has 0 radical (unpaired) electrons. The van der Waals surface area contributed by atoms with Crippen molar-refractivity contribution in [3.05, 3.63) is 42.0 Å². The fourth-order valence-corrected chi connectivity index (χ4v) is 5.34. The summed E-state index contributed by atoms with van der Waals surface area (Å²) in [6.45, 7) is 6.84. The van der Waals surface area contributed by atoms with E-state index in [0.717, 1.165) is 39.0 Å². The van der Waals surface area contributed by atoms with Crippen LogP contribution in [0.2, 0.25) is 0 Å². The molecule has 2 N–H and O–H groups in total. The Morgan fingerprint density at radius 2 is 1.84 bits per heavy atom. The van der Waals surface area contributed by atoms with Crippen molar-refractivity contribution in [1.29, 1.82) is 0 Å². The number of para-hydroxylation sites is 2. The summed E-state index contributed by atoms with van der Waals surface area (Å²) in [6, 6.07) is 8.50. The Bertz CT molecular complexity index is 1210. The third-order valence-corrected chi connectivity index (χ3v) is 7.51. The molecule has 2 aliphatic rings. The summed E-state index contributed by atoms with van der Waals surface area (Å²) < 4.78 is 35.2. The lowest BCUT2D eigenvalue weighted by Gasteiger charge is -2.29. The second-order valence-corrected chi connectivity index (χ2v) is 10.6. The van der Waals surface area contributed by atoms with Crippen LogP contribution in [0.15, 0.2) is 30.3 Å². The normalized spacial score (nSPS) is 19.8. The van der Waals surface area contributed by atoms with Gasteiger partial charge < -0.3 is 25.2 Å². The summed E-state index contributed by atoms with van der Waals surface area (Å²) in [5.41, 5.74) is 7.76. The average Bonchev–Trinajstić information content (AvgIpc) is 3.55. The molecule has 0 amide bonds. The van der Waals surface area contributed by atoms with Gasteiger partial charge in [0.05, 0.1) is 30.3 Å². The van der Waals surface area contributed by atoms with Crippen molar-refractivity contribution in [3.63, 3.8) is 0 Å². The van der Waals surface area contributed by atoms with E-state index in [2.05, 4.69) is 33.8 Å². The van der Waals surface area contributed by atoms with Gasteiger partial charge in [-0.05, 0) is 58.0 Å². The summed E-state index contributed by atoms with van der Waals surface area (Å²) in [5, 5.41) is 0. The van der Waals surface area contributed by atoms with Gasteiger partial charge in [-0.3, -0.25) is 4.57 Å². The number of nitrogens with two attached hydrogens (primary N) is 1. The molecule has 1 unspecified atom stereocenters. The highest BCUT2D eigenvalue weighted by atomic mass is 19.3. The van der Waals surface area contributed by atoms with Gasteiger partial charge in [0.2, 0.25) is 0 Å². The molecule has 0 saturated carbocycles. The molecule has 1 aromatic carbocycles. The van der Waals surface area contributed by atoms with E-state index in [-0.39, 0.29) is 5.82 Å². The van der Waals surface area contributed by atoms with Gasteiger partial charge >= 0.3 is 0 Å². The molecule has 9 nitrogen and oxygen atoms in total. The van der Waals surface area contributed by atoms with Gasteiger partial charge in [0, 0.05) is 38.8 Å². The minimum absolute atomic E-state index is 0.332. The van der Waals surface area contributed by atoms with E-state index in [1.54, 1.807) is 24.3 Å². The summed E-state index contributed by atoms with van der Waals surface area (Å²) in [6.07, 6.45) is 0.138. The molecule has 38 heavy (non-hydrogen) atoms. The lowest BCUT2D eigenvalue weighted by atomic mass is 9.99. The predicted octanol–water partition coefficient (Wildman–Crippen LogP) is 3.25. The predicted molar refractivity (Wildman–Crippen MR) is 144 cm³/mol. The van der Waals surface area contributed by atoms with Crippen molar-refractivity contribution >= 4 is 16.9 Å². The third-order valence-electron chi connectivity index (χ3n) is 7.51. The second-order valence-electron chi connectivity index (χ2n) is 10.6. The van der Waals surface area contributed by atoms with E-state index in [9.17, 15) is 8.78 Å². The molecule has 2 fully saturated rings. The van der Waals surface area contributed by atoms with Gasteiger partial charge in [-0.25, -0.2) is 23.7 Å². The molecule has 0 aliphatic carbocycles. The van der Waals surface area contributed by atoms with Gasteiger partial charge in [-0.2, -0.15) is 0 Å². The van der Waals surface area contributed by atoms with Crippen LogP contribution in [-0.2, 0) is 4.74 Å². The van der Waals surface area contributed by atoms with Crippen LogP contribution in [0.4, 0.5) is 14.6 Å². The number of fused-ring (bicyclic) bond motifs is 1. The maximum absolute atomic E-state index is 14.1. The fourth-order valence-electron chi connectivity index (χ4n) is 5.34. The Balaban J connectivity index is 1.41. The van der Waals surface area contributed by atoms with Crippen LogP contribution < -0.4 is 10.6 Å². The first-order valence-electron chi connectivity index (χ1n) is 13.5. The van der Waals surface area contributed by atoms with Gasteiger partial charge in [-0.1, -0.05) is 12.1 Å².